The Kier molecular flexibility index (Phi) is 5.84. The van der Waals surface area contributed by atoms with E-state index in [1.165, 1.54) is 36.7 Å². The van der Waals surface area contributed by atoms with E-state index in [4.69, 9.17) is 10.00 Å². The van der Waals surface area contributed by atoms with Gasteiger partial charge in [0.25, 0.3) is 5.91 Å². The third kappa shape index (κ3) is 5.14. The van der Waals surface area contributed by atoms with Gasteiger partial charge in [0, 0.05) is 6.20 Å². The van der Waals surface area contributed by atoms with Crippen molar-refractivity contribution in [2.75, 3.05) is 5.32 Å². The van der Waals surface area contributed by atoms with Crippen molar-refractivity contribution in [1.29, 1.82) is 5.26 Å². The Bertz CT molecular complexity index is 804. The molecule has 130 valence electrons. The highest BCUT2D eigenvalue weighted by Crippen LogP contribution is 2.28. The summed E-state index contributed by atoms with van der Waals surface area (Å²) < 4.78 is 34.8. The van der Waals surface area contributed by atoms with Crippen LogP contribution in [0, 0.1) is 11.3 Å². The molecule has 0 fully saturated rings. The highest BCUT2D eigenvalue weighted by molar-refractivity contribution is 6.05. The van der Waals surface area contributed by atoms with E-state index >= 15 is 0 Å². The van der Waals surface area contributed by atoms with E-state index < -0.39 is 12.5 Å². The second kappa shape index (κ2) is 8.06. The second-order valence-corrected chi connectivity index (χ2v) is 5.23. The summed E-state index contributed by atoms with van der Waals surface area (Å²) in [7, 11) is 0. The van der Waals surface area contributed by atoms with E-state index in [0.29, 0.717) is 5.75 Å². The van der Waals surface area contributed by atoms with Crippen LogP contribution in [0.1, 0.15) is 29.8 Å². The average molecular weight is 347 g/mol. The number of alkyl halides is 2. The fraction of sp³-hybridized carbons (Fsp3) is 0.235. The third-order valence-corrected chi connectivity index (χ3v) is 2.92. The lowest BCUT2D eigenvalue weighted by atomic mass is 10.2. The molecule has 8 heteroatoms. The highest BCUT2D eigenvalue weighted by Gasteiger charge is 2.15. The molecule has 0 saturated carbocycles. The molecule has 25 heavy (non-hydrogen) atoms. The molecule has 0 atom stereocenters. The van der Waals surface area contributed by atoms with Crippen molar-refractivity contribution >= 4 is 11.6 Å². The van der Waals surface area contributed by atoms with Gasteiger partial charge >= 0.3 is 6.61 Å². The summed E-state index contributed by atoms with van der Waals surface area (Å²) in [4.78, 5) is 16.3. The number of nitrogens with zero attached hydrogens (tertiary/aromatic N) is 2. The number of nitriles is 1. The molecule has 6 nitrogen and oxygen atoms in total. The molecule has 1 aromatic carbocycles. The molecule has 0 spiro atoms. The Balaban J connectivity index is 2.26. The largest absolute Gasteiger partial charge is 0.489 e. The Morgan fingerprint density at radius 3 is 2.64 bits per heavy atom. The number of hydrogen-bond acceptors (Lipinski definition) is 5. The Morgan fingerprint density at radius 1 is 1.24 bits per heavy atom. The van der Waals surface area contributed by atoms with Crippen LogP contribution < -0.4 is 14.8 Å². The first-order valence-electron chi connectivity index (χ1n) is 7.31. The summed E-state index contributed by atoms with van der Waals surface area (Å²) in [6.45, 7) is 0.593. The van der Waals surface area contributed by atoms with Gasteiger partial charge in [0.15, 0.2) is 0 Å². The van der Waals surface area contributed by atoms with Gasteiger partial charge in [-0.3, -0.25) is 9.78 Å². The number of aromatic nitrogens is 1. The molecule has 1 amide bonds. The predicted octanol–water partition coefficient (Wildman–Crippen LogP) is 3.59. The molecule has 2 aromatic rings. The molecule has 0 aliphatic carbocycles. The number of carbonyl (C=O) groups excluding carboxylic acids is 1. The van der Waals surface area contributed by atoms with Gasteiger partial charge in [0.2, 0.25) is 0 Å². The number of carbonyl (C=O) groups is 1. The average Bonchev–Trinajstić information content (AvgIpc) is 2.55. The first kappa shape index (κ1) is 18.1. The molecule has 0 aliphatic heterocycles. The standard InChI is InChI=1S/C17H15F2N3O3/c1-10(2)24-13-6-12(8-21-9-13)16(23)22-14-5-11(7-20)3-4-15(14)25-17(18)19/h3-6,8-10,17H,1-2H3,(H,22,23). The molecule has 0 aliphatic rings. The number of pyridine rings is 1. The molecule has 0 saturated heterocycles. The number of anilines is 1. The number of amides is 1. The lowest BCUT2D eigenvalue weighted by Gasteiger charge is -2.13. The van der Waals surface area contributed by atoms with Crippen LogP contribution in [-0.2, 0) is 0 Å². The quantitative estimate of drug-likeness (QED) is 0.863. The smallest absolute Gasteiger partial charge is 0.387 e. The molecular formula is C17H15F2N3O3. The number of nitrogens with one attached hydrogen (secondary N) is 1. The Hall–Kier alpha value is -3.21. The summed E-state index contributed by atoms with van der Waals surface area (Å²) in [5.41, 5.74) is 0.315. The molecule has 1 N–H and O–H groups in total. The summed E-state index contributed by atoms with van der Waals surface area (Å²) in [6, 6.07) is 7.09. The zero-order chi connectivity index (χ0) is 18.4. The fourth-order valence-electron chi connectivity index (χ4n) is 1.97. The Labute approximate surface area is 143 Å². The van der Waals surface area contributed by atoms with E-state index in [9.17, 15) is 13.6 Å². The molecule has 0 radical (unpaired) electrons. The van der Waals surface area contributed by atoms with Gasteiger partial charge in [-0.1, -0.05) is 0 Å². The Morgan fingerprint density at radius 2 is 2.00 bits per heavy atom. The van der Waals surface area contributed by atoms with Crippen molar-refractivity contribution in [2.24, 2.45) is 0 Å². The summed E-state index contributed by atoms with van der Waals surface area (Å²) >= 11 is 0. The lowest BCUT2D eigenvalue weighted by molar-refractivity contribution is -0.0493. The molecule has 2 rings (SSSR count). The van der Waals surface area contributed by atoms with Crippen molar-refractivity contribution in [3.63, 3.8) is 0 Å². The van der Waals surface area contributed by atoms with E-state index in [-0.39, 0.29) is 28.7 Å². The minimum absolute atomic E-state index is 0.0421. The van der Waals surface area contributed by atoms with Crippen LogP contribution in [0.3, 0.4) is 0 Å². The van der Waals surface area contributed by atoms with E-state index in [1.807, 2.05) is 19.9 Å². The van der Waals surface area contributed by atoms with E-state index in [0.717, 1.165) is 0 Å². The van der Waals surface area contributed by atoms with E-state index in [1.54, 1.807) is 0 Å². The summed E-state index contributed by atoms with van der Waals surface area (Å²) in [6.07, 6.45) is 2.67. The number of benzene rings is 1. The lowest BCUT2D eigenvalue weighted by Crippen LogP contribution is -2.15. The van der Waals surface area contributed by atoms with Gasteiger partial charge in [-0.15, -0.1) is 0 Å². The zero-order valence-electron chi connectivity index (χ0n) is 13.5. The maximum absolute atomic E-state index is 12.5. The fourth-order valence-corrected chi connectivity index (χ4v) is 1.97. The zero-order valence-corrected chi connectivity index (χ0v) is 13.5. The topological polar surface area (TPSA) is 84.2 Å². The van der Waals surface area contributed by atoms with Gasteiger partial charge in [0.1, 0.15) is 11.5 Å². The van der Waals surface area contributed by atoms with Crippen molar-refractivity contribution in [3.05, 3.63) is 47.8 Å². The third-order valence-electron chi connectivity index (χ3n) is 2.92. The first-order valence-corrected chi connectivity index (χ1v) is 7.31. The van der Waals surface area contributed by atoms with Gasteiger partial charge < -0.3 is 14.8 Å². The highest BCUT2D eigenvalue weighted by atomic mass is 19.3. The summed E-state index contributed by atoms with van der Waals surface area (Å²) in [5.74, 6) is -0.446. The van der Waals surface area contributed by atoms with Crippen molar-refractivity contribution in [2.45, 2.75) is 26.6 Å². The van der Waals surface area contributed by atoms with E-state index in [2.05, 4.69) is 15.0 Å². The van der Waals surface area contributed by atoms with Gasteiger partial charge in [0.05, 0.1) is 35.2 Å². The van der Waals surface area contributed by atoms with Crippen LogP contribution >= 0.6 is 0 Å². The first-order chi connectivity index (χ1) is 11.9. The van der Waals surface area contributed by atoms with Crippen LogP contribution in [0.25, 0.3) is 0 Å². The number of halogens is 2. The molecule has 0 bridgehead atoms. The van der Waals surface area contributed by atoms with Crippen LogP contribution in [0.2, 0.25) is 0 Å². The van der Waals surface area contributed by atoms with Gasteiger partial charge in [-0.05, 0) is 38.1 Å². The molecule has 1 heterocycles. The number of rotatable bonds is 6. The monoisotopic (exact) mass is 347 g/mol. The number of ether oxygens (including phenoxy) is 2. The number of hydrogen-bond donors (Lipinski definition) is 1. The SMILES string of the molecule is CC(C)Oc1cncc(C(=O)Nc2cc(C#N)ccc2OC(F)F)c1. The second-order valence-electron chi connectivity index (χ2n) is 5.23. The molecule has 0 unspecified atom stereocenters. The molecular weight excluding hydrogens is 332 g/mol. The minimum atomic E-state index is -3.06. The molecule has 1 aromatic heterocycles. The van der Waals surface area contributed by atoms with Crippen LogP contribution in [0.5, 0.6) is 11.5 Å². The van der Waals surface area contributed by atoms with Crippen LogP contribution in [0.4, 0.5) is 14.5 Å². The maximum atomic E-state index is 12.5. The minimum Gasteiger partial charge on any atom is -0.489 e. The predicted molar refractivity (Wildman–Crippen MR) is 85.7 cm³/mol. The van der Waals surface area contributed by atoms with Crippen molar-refractivity contribution < 1.29 is 23.0 Å². The van der Waals surface area contributed by atoms with Crippen molar-refractivity contribution in [1.82, 2.24) is 4.98 Å². The van der Waals surface area contributed by atoms with Gasteiger partial charge in [-0.25, -0.2) is 0 Å². The van der Waals surface area contributed by atoms with Crippen molar-refractivity contribution in [3.8, 4) is 17.6 Å². The van der Waals surface area contributed by atoms with Crippen LogP contribution in [0.15, 0.2) is 36.7 Å². The summed E-state index contributed by atoms with van der Waals surface area (Å²) in [5, 5.41) is 11.4. The van der Waals surface area contributed by atoms with Gasteiger partial charge in [-0.2, -0.15) is 14.0 Å². The van der Waals surface area contributed by atoms with Crippen LogP contribution in [-0.4, -0.2) is 23.6 Å². The normalized spacial score (nSPS) is 10.4. The maximum Gasteiger partial charge on any atom is 0.387 e.